The number of fused-ring (bicyclic) bond motifs is 1. The molecule has 3 aromatic rings. The second-order valence-electron chi connectivity index (χ2n) is 9.33. The number of hydrogen-bond donors (Lipinski definition) is 1. The molecule has 188 valence electrons. The molecular formula is C28H23ClFN3O4. The van der Waals surface area contributed by atoms with E-state index in [9.17, 15) is 14.7 Å². The predicted octanol–water partition coefficient (Wildman–Crippen LogP) is 5.14. The molecular weight excluding hydrogens is 497 g/mol. The summed E-state index contributed by atoms with van der Waals surface area (Å²) in [6.45, 7) is 1.38. The van der Waals surface area contributed by atoms with Gasteiger partial charge in [-0.2, -0.15) is 5.26 Å². The number of aromatic nitrogens is 1. The maximum absolute atomic E-state index is 16.2. The van der Waals surface area contributed by atoms with E-state index in [1.807, 2.05) is 6.07 Å². The maximum Gasteiger partial charge on any atom is 0.285 e. The highest BCUT2D eigenvalue weighted by atomic mass is 35.5. The lowest BCUT2D eigenvalue weighted by molar-refractivity contribution is -0.240. The number of ketones is 1. The van der Waals surface area contributed by atoms with Crippen molar-refractivity contribution in [3.05, 3.63) is 87.7 Å². The van der Waals surface area contributed by atoms with Gasteiger partial charge in [-0.1, -0.05) is 40.3 Å². The average molecular weight is 520 g/mol. The highest BCUT2D eigenvalue weighted by Crippen LogP contribution is 2.49. The summed E-state index contributed by atoms with van der Waals surface area (Å²) in [7, 11) is 0. The Labute approximate surface area is 218 Å². The number of aliphatic hydroxyl groups excluding tert-OH is 1. The Morgan fingerprint density at radius 2 is 1.97 bits per heavy atom. The van der Waals surface area contributed by atoms with Crippen molar-refractivity contribution in [1.29, 1.82) is 5.26 Å². The number of amides is 1. The van der Waals surface area contributed by atoms with Crippen molar-refractivity contribution in [2.24, 2.45) is 0 Å². The summed E-state index contributed by atoms with van der Waals surface area (Å²) < 4.78 is 22.5. The van der Waals surface area contributed by atoms with Gasteiger partial charge in [0.1, 0.15) is 6.07 Å². The molecule has 2 heterocycles. The van der Waals surface area contributed by atoms with Gasteiger partial charge < -0.3 is 9.84 Å². The van der Waals surface area contributed by atoms with Gasteiger partial charge in [-0.15, -0.1) is 5.12 Å². The van der Waals surface area contributed by atoms with Crippen LogP contribution in [0.3, 0.4) is 0 Å². The third-order valence-electron chi connectivity index (χ3n) is 6.99. The lowest BCUT2D eigenvalue weighted by Crippen LogP contribution is -2.47. The number of benzene rings is 2. The number of halogens is 2. The molecule has 1 N–H and O–H groups in total. The third kappa shape index (κ3) is 4.29. The molecule has 3 unspecified atom stereocenters. The number of carbonyl (C=O) groups is 2. The van der Waals surface area contributed by atoms with Crippen molar-refractivity contribution in [2.75, 3.05) is 0 Å². The molecule has 0 spiro atoms. The molecule has 1 amide bonds. The van der Waals surface area contributed by atoms with E-state index in [-0.39, 0.29) is 34.0 Å². The zero-order chi connectivity index (χ0) is 26.3. The van der Waals surface area contributed by atoms with Crippen LogP contribution in [-0.2, 0) is 16.9 Å². The van der Waals surface area contributed by atoms with Crippen LogP contribution < -0.4 is 0 Å². The molecule has 1 fully saturated rings. The molecule has 2 aromatic carbocycles. The molecule has 1 saturated carbocycles. The number of nitriles is 1. The van der Waals surface area contributed by atoms with Gasteiger partial charge in [0.05, 0.1) is 23.3 Å². The Morgan fingerprint density at radius 1 is 1.22 bits per heavy atom. The summed E-state index contributed by atoms with van der Waals surface area (Å²) in [6.07, 6.45) is 1.37. The molecule has 1 aliphatic heterocycles. The SMILES string of the molecule is CC(=O)c1ccc2c(c1-c1ccc(Cl)cc1)C(=O)N(F)C2(Cc1ccc(C#N)cn1)OC1CCCC1O. The van der Waals surface area contributed by atoms with Crippen LogP contribution in [0.4, 0.5) is 4.48 Å². The van der Waals surface area contributed by atoms with Crippen LogP contribution in [0.5, 0.6) is 0 Å². The lowest BCUT2D eigenvalue weighted by Gasteiger charge is -2.36. The largest absolute Gasteiger partial charge is 0.390 e. The Kier molecular flexibility index (Phi) is 6.54. The topological polar surface area (TPSA) is 104 Å². The molecule has 0 radical (unpaired) electrons. The quantitative estimate of drug-likeness (QED) is 0.357. The van der Waals surface area contributed by atoms with Crippen molar-refractivity contribution in [1.82, 2.24) is 10.1 Å². The average Bonchev–Trinajstić information content (AvgIpc) is 3.39. The van der Waals surface area contributed by atoms with Gasteiger partial charge in [0.15, 0.2) is 5.78 Å². The van der Waals surface area contributed by atoms with Gasteiger partial charge >= 0.3 is 0 Å². The van der Waals surface area contributed by atoms with E-state index in [2.05, 4.69) is 4.98 Å². The Morgan fingerprint density at radius 3 is 2.57 bits per heavy atom. The highest BCUT2D eigenvalue weighted by Gasteiger charge is 2.56. The summed E-state index contributed by atoms with van der Waals surface area (Å²) in [4.78, 5) is 30.5. The van der Waals surface area contributed by atoms with Crippen molar-refractivity contribution in [2.45, 2.75) is 50.5 Å². The molecule has 1 aromatic heterocycles. The molecule has 7 nitrogen and oxygen atoms in total. The second kappa shape index (κ2) is 9.67. The number of aliphatic hydroxyl groups is 1. The second-order valence-corrected chi connectivity index (χ2v) is 9.76. The van der Waals surface area contributed by atoms with Crippen LogP contribution in [0.15, 0.2) is 54.7 Å². The normalized spacial score (nSPS) is 22.7. The Balaban J connectivity index is 1.73. The van der Waals surface area contributed by atoms with E-state index in [0.29, 0.717) is 46.7 Å². The van der Waals surface area contributed by atoms with Crippen LogP contribution in [0.25, 0.3) is 11.1 Å². The number of pyridine rings is 1. The first-order valence-corrected chi connectivity index (χ1v) is 12.3. The molecule has 2 aliphatic rings. The third-order valence-corrected chi connectivity index (χ3v) is 7.24. The Bertz CT molecular complexity index is 1420. The Hall–Kier alpha value is -3.64. The van der Waals surface area contributed by atoms with Crippen molar-refractivity contribution in [3.63, 3.8) is 0 Å². The molecule has 37 heavy (non-hydrogen) atoms. The van der Waals surface area contributed by atoms with E-state index in [1.54, 1.807) is 42.5 Å². The lowest BCUT2D eigenvalue weighted by atomic mass is 9.86. The zero-order valence-corrected chi connectivity index (χ0v) is 20.7. The molecule has 9 heteroatoms. The fraction of sp³-hybridized carbons (Fsp3) is 0.286. The van der Waals surface area contributed by atoms with Gasteiger partial charge in [0.25, 0.3) is 5.91 Å². The van der Waals surface area contributed by atoms with E-state index in [0.717, 1.165) is 0 Å². The van der Waals surface area contributed by atoms with Crippen LogP contribution in [0, 0.1) is 11.3 Å². The molecule has 0 saturated heterocycles. The number of carbonyl (C=O) groups excluding carboxylic acids is 2. The van der Waals surface area contributed by atoms with Gasteiger partial charge in [0, 0.05) is 40.0 Å². The fourth-order valence-electron chi connectivity index (χ4n) is 5.18. The standard InChI is InChI=1S/C28H23ClFN3O4/c1-16(34)21-11-12-22-26(25(21)18-6-8-19(29)9-7-18)27(36)33(30)28(22,37-24-4-2-3-23(24)35)13-20-10-5-17(14-31)15-32-20/h5-12,15,23-24,35H,2-4,13H2,1H3. The number of nitrogens with zero attached hydrogens (tertiary/aromatic N) is 3. The summed E-state index contributed by atoms with van der Waals surface area (Å²) in [6, 6.07) is 14.8. The van der Waals surface area contributed by atoms with Crippen LogP contribution in [0.2, 0.25) is 5.02 Å². The minimum atomic E-state index is -1.93. The van der Waals surface area contributed by atoms with Gasteiger partial charge in [-0.25, -0.2) is 0 Å². The summed E-state index contributed by atoms with van der Waals surface area (Å²) >= 11 is 6.06. The summed E-state index contributed by atoms with van der Waals surface area (Å²) in [5.74, 6) is -1.24. The zero-order valence-electron chi connectivity index (χ0n) is 19.9. The van der Waals surface area contributed by atoms with Crippen molar-refractivity contribution in [3.8, 4) is 17.2 Å². The number of ether oxygens (including phenoxy) is 1. The molecule has 5 rings (SSSR count). The monoisotopic (exact) mass is 519 g/mol. The van der Waals surface area contributed by atoms with E-state index in [4.69, 9.17) is 21.6 Å². The minimum absolute atomic E-state index is 0.0126. The van der Waals surface area contributed by atoms with Gasteiger partial charge in [0.2, 0.25) is 5.72 Å². The van der Waals surface area contributed by atoms with Crippen LogP contribution in [0.1, 0.15) is 63.7 Å². The maximum atomic E-state index is 16.2. The van der Waals surface area contributed by atoms with Crippen LogP contribution >= 0.6 is 11.6 Å². The first kappa shape index (κ1) is 25.0. The predicted molar refractivity (Wildman–Crippen MR) is 133 cm³/mol. The van der Waals surface area contributed by atoms with Gasteiger partial charge in [-0.05, 0) is 56.0 Å². The first-order chi connectivity index (χ1) is 17.7. The van der Waals surface area contributed by atoms with Crippen LogP contribution in [-0.4, -0.2) is 39.1 Å². The molecule has 1 aliphatic carbocycles. The summed E-state index contributed by atoms with van der Waals surface area (Å²) in [5.41, 5.74) is 0.121. The summed E-state index contributed by atoms with van der Waals surface area (Å²) in [5, 5.41) is 20.2. The number of rotatable bonds is 6. The fourth-order valence-corrected chi connectivity index (χ4v) is 5.31. The minimum Gasteiger partial charge on any atom is -0.390 e. The molecule has 3 atom stereocenters. The van der Waals surface area contributed by atoms with E-state index >= 15 is 4.48 Å². The first-order valence-electron chi connectivity index (χ1n) is 11.9. The van der Waals surface area contributed by atoms with Crippen molar-refractivity contribution < 1.29 is 23.9 Å². The van der Waals surface area contributed by atoms with E-state index < -0.39 is 23.8 Å². The number of Topliss-reactive ketones (excluding diaryl/α,β-unsaturated/α-hetero) is 1. The van der Waals surface area contributed by atoms with E-state index in [1.165, 1.54) is 19.2 Å². The van der Waals surface area contributed by atoms with Crippen molar-refractivity contribution >= 4 is 23.3 Å². The highest BCUT2D eigenvalue weighted by molar-refractivity contribution is 6.30. The van der Waals surface area contributed by atoms with Gasteiger partial charge in [-0.3, -0.25) is 14.6 Å². The smallest absolute Gasteiger partial charge is 0.285 e. The molecule has 0 bridgehead atoms. The number of hydrogen-bond acceptors (Lipinski definition) is 6.